The molecule has 2 N–H and O–H groups in total. The van der Waals surface area contributed by atoms with E-state index in [4.69, 9.17) is 5.73 Å². The summed E-state index contributed by atoms with van der Waals surface area (Å²) in [6, 6.07) is 3.17. The Balaban J connectivity index is 2.21. The zero-order chi connectivity index (χ0) is 9.26. The SMILES string of the molecule is N[C@@H]1CCN(c2ncccc2F)C1. The van der Waals surface area contributed by atoms with Crippen LogP contribution in [0.15, 0.2) is 18.3 Å². The zero-order valence-corrected chi connectivity index (χ0v) is 7.28. The third-order valence-electron chi connectivity index (χ3n) is 2.26. The highest BCUT2D eigenvalue weighted by Crippen LogP contribution is 2.19. The van der Waals surface area contributed by atoms with Crippen LogP contribution < -0.4 is 10.6 Å². The maximum Gasteiger partial charge on any atom is 0.165 e. The molecule has 0 spiro atoms. The third-order valence-corrected chi connectivity index (χ3v) is 2.26. The van der Waals surface area contributed by atoms with E-state index in [-0.39, 0.29) is 11.9 Å². The highest BCUT2D eigenvalue weighted by molar-refractivity contribution is 5.41. The number of aromatic nitrogens is 1. The van der Waals surface area contributed by atoms with Crippen molar-refractivity contribution in [3.63, 3.8) is 0 Å². The van der Waals surface area contributed by atoms with Crippen molar-refractivity contribution in [1.82, 2.24) is 4.98 Å². The van der Waals surface area contributed by atoms with Crippen molar-refractivity contribution in [2.75, 3.05) is 18.0 Å². The van der Waals surface area contributed by atoms with Gasteiger partial charge in [0.05, 0.1) is 0 Å². The first kappa shape index (κ1) is 8.44. The van der Waals surface area contributed by atoms with E-state index in [0.717, 1.165) is 13.0 Å². The van der Waals surface area contributed by atoms with Crippen LogP contribution in [0.25, 0.3) is 0 Å². The average molecular weight is 181 g/mol. The lowest BCUT2D eigenvalue weighted by atomic mass is 10.3. The molecule has 4 heteroatoms. The van der Waals surface area contributed by atoms with Gasteiger partial charge in [0.25, 0.3) is 0 Å². The molecule has 0 aromatic carbocycles. The average Bonchev–Trinajstić information content (AvgIpc) is 2.53. The minimum Gasteiger partial charge on any atom is -0.353 e. The number of nitrogens with two attached hydrogens (primary N) is 1. The van der Waals surface area contributed by atoms with E-state index >= 15 is 0 Å². The molecule has 2 rings (SSSR count). The van der Waals surface area contributed by atoms with Crippen LogP contribution >= 0.6 is 0 Å². The number of hydrogen-bond donors (Lipinski definition) is 1. The van der Waals surface area contributed by atoms with E-state index in [2.05, 4.69) is 4.98 Å². The number of rotatable bonds is 1. The van der Waals surface area contributed by atoms with Gasteiger partial charge in [-0.1, -0.05) is 0 Å². The molecule has 13 heavy (non-hydrogen) atoms. The van der Waals surface area contributed by atoms with Crippen LogP contribution in [0.2, 0.25) is 0 Å². The monoisotopic (exact) mass is 181 g/mol. The molecule has 0 aliphatic carbocycles. The Hall–Kier alpha value is -1.16. The molecule has 0 radical (unpaired) electrons. The molecular formula is C9H12FN3. The fraction of sp³-hybridized carbons (Fsp3) is 0.444. The first-order valence-corrected chi connectivity index (χ1v) is 4.38. The van der Waals surface area contributed by atoms with Crippen LogP contribution in [0.4, 0.5) is 10.2 Å². The first-order valence-electron chi connectivity index (χ1n) is 4.38. The molecule has 0 saturated carbocycles. The predicted octanol–water partition coefficient (Wildman–Crippen LogP) is 0.758. The summed E-state index contributed by atoms with van der Waals surface area (Å²) in [7, 11) is 0. The summed E-state index contributed by atoms with van der Waals surface area (Å²) in [5, 5.41) is 0. The Kier molecular flexibility index (Phi) is 2.14. The predicted molar refractivity (Wildman–Crippen MR) is 49.0 cm³/mol. The fourth-order valence-electron chi connectivity index (χ4n) is 1.59. The summed E-state index contributed by atoms with van der Waals surface area (Å²) < 4.78 is 13.2. The highest BCUT2D eigenvalue weighted by atomic mass is 19.1. The van der Waals surface area contributed by atoms with Crippen LogP contribution in [-0.2, 0) is 0 Å². The number of halogens is 1. The maximum atomic E-state index is 13.2. The van der Waals surface area contributed by atoms with Crippen LogP contribution in [0.1, 0.15) is 6.42 Å². The number of pyridine rings is 1. The van der Waals surface area contributed by atoms with Crippen molar-refractivity contribution in [3.8, 4) is 0 Å². The summed E-state index contributed by atoms with van der Waals surface area (Å²) in [6.45, 7) is 1.50. The second-order valence-corrected chi connectivity index (χ2v) is 3.30. The van der Waals surface area contributed by atoms with Crippen molar-refractivity contribution < 1.29 is 4.39 Å². The lowest BCUT2D eigenvalue weighted by molar-refractivity contribution is 0.615. The molecule has 0 unspecified atom stereocenters. The Labute approximate surface area is 76.4 Å². The molecule has 1 aromatic rings. The number of hydrogen-bond acceptors (Lipinski definition) is 3. The Bertz CT molecular complexity index is 303. The van der Waals surface area contributed by atoms with Gasteiger partial charge in [0, 0.05) is 25.3 Å². The van der Waals surface area contributed by atoms with Gasteiger partial charge in [-0.05, 0) is 18.6 Å². The van der Waals surface area contributed by atoms with Gasteiger partial charge in [0.1, 0.15) is 0 Å². The van der Waals surface area contributed by atoms with Crippen LogP contribution in [0.5, 0.6) is 0 Å². The van der Waals surface area contributed by atoms with Gasteiger partial charge in [-0.25, -0.2) is 9.37 Å². The van der Waals surface area contributed by atoms with Crippen molar-refractivity contribution in [2.24, 2.45) is 5.73 Å². The largest absolute Gasteiger partial charge is 0.353 e. The molecule has 3 nitrogen and oxygen atoms in total. The minimum absolute atomic E-state index is 0.154. The summed E-state index contributed by atoms with van der Waals surface area (Å²) in [5.74, 6) is 0.159. The smallest absolute Gasteiger partial charge is 0.165 e. The van der Waals surface area contributed by atoms with E-state index in [9.17, 15) is 4.39 Å². The van der Waals surface area contributed by atoms with Gasteiger partial charge in [-0.3, -0.25) is 0 Å². The Morgan fingerprint density at radius 2 is 2.46 bits per heavy atom. The molecular weight excluding hydrogens is 169 g/mol. The molecule has 1 aliphatic heterocycles. The van der Waals surface area contributed by atoms with Crippen LogP contribution in [0, 0.1) is 5.82 Å². The lowest BCUT2D eigenvalue weighted by Gasteiger charge is -2.16. The maximum absolute atomic E-state index is 13.2. The van der Waals surface area contributed by atoms with Crippen molar-refractivity contribution in [1.29, 1.82) is 0 Å². The molecule has 0 bridgehead atoms. The number of nitrogens with zero attached hydrogens (tertiary/aromatic N) is 2. The van der Waals surface area contributed by atoms with Crippen LogP contribution in [-0.4, -0.2) is 24.1 Å². The first-order chi connectivity index (χ1) is 6.27. The standard InChI is InChI=1S/C9H12FN3/c10-8-2-1-4-12-9(8)13-5-3-7(11)6-13/h1-2,4,7H,3,5-6,11H2/t7-/m1/s1. The molecule has 1 atom stereocenters. The third kappa shape index (κ3) is 1.62. The molecule has 2 heterocycles. The van der Waals surface area contributed by atoms with Crippen molar-refractivity contribution in [2.45, 2.75) is 12.5 Å². The molecule has 1 fully saturated rings. The number of anilines is 1. The van der Waals surface area contributed by atoms with Gasteiger partial charge in [-0.2, -0.15) is 0 Å². The quantitative estimate of drug-likeness (QED) is 0.695. The zero-order valence-electron chi connectivity index (χ0n) is 7.28. The summed E-state index contributed by atoms with van der Waals surface area (Å²) in [4.78, 5) is 5.88. The molecule has 1 saturated heterocycles. The summed E-state index contributed by atoms with van der Waals surface area (Å²) in [6.07, 6.45) is 2.51. The summed E-state index contributed by atoms with van der Waals surface area (Å²) in [5.41, 5.74) is 5.72. The fourth-order valence-corrected chi connectivity index (χ4v) is 1.59. The van der Waals surface area contributed by atoms with E-state index < -0.39 is 0 Å². The van der Waals surface area contributed by atoms with E-state index in [0.29, 0.717) is 12.4 Å². The van der Waals surface area contributed by atoms with Gasteiger partial charge < -0.3 is 10.6 Å². The normalized spacial score (nSPS) is 22.3. The second kappa shape index (κ2) is 3.30. The molecule has 70 valence electrons. The van der Waals surface area contributed by atoms with Gasteiger partial charge in [0.15, 0.2) is 11.6 Å². The molecule has 0 amide bonds. The van der Waals surface area contributed by atoms with Gasteiger partial charge in [0.2, 0.25) is 0 Å². The Morgan fingerprint density at radius 3 is 3.08 bits per heavy atom. The second-order valence-electron chi connectivity index (χ2n) is 3.30. The molecule has 1 aromatic heterocycles. The van der Waals surface area contributed by atoms with Crippen molar-refractivity contribution >= 4 is 5.82 Å². The van der Waals surface area contributed by atoms with E-state index in [1.54, 1.807) is 12.3 Å². The van der Waals surface area contributed by atoms with E-state index in [1.165, 1.54) is 6.07 Å². The van der Waals surface area contributed by atoms with Gasteiger partial charge >= 0.3 is 0 Å². The van der Waals surface area contributed by atoms with Gasteiger partial charge in [-0.15, -0.1) is 0 Å². The molecule has 1 aliphatic rings. The minimum atomic E-state index is -0.267. The van der Waals surface area contributed by atoms with Crippen LogP contribution in [0.3, 0.4) is 0 Å². The van der Waals surface area contributed by atoms with E-state index in [1.807, 2.05) is 4.90 Å². The summed E-state index contributed by atoms with van der Waals surface area (Å²) >= 11 is 0. The lowest BCUT2D eigenvalue weighted by Crippen LogP contribution is -2.27. The Morgan fingerprint density at radius 1 is 1.62 bits per heavy atom. The topological polar surface area (TPSA) is 42.1 Å². The highest BCUT2D eigenvalue weighted by Gasteiger charge is 2.22. The van der Waals surface area contributed by atoms with Crippen molar-refractivity contribution in [3.05, 3.63) is 24.1 Å².